The Balaban J connectivity index is 1.31. The number of allylic oxidation sites excluding steroid dienone is 1. The number of nitrogens with zero attached hydrogens (tertiary/aromatic N) is 2. The molecule has 0 aliphatic heterocycles. The van der Waals surface area contributed by atoms with Gasteiger partial charge in [0.2, 0.25) is 5.91 Å². The summed E-state index contributed by atoms with van der Waals surface area (Å²) >= 11 is 0. The van der Waals surface area contributed by atoms with Crippen LogP contribution < -0.4 is 10.6 Å². The van der Waals surface area contributed by atoms with E-state index in [0.717, 1.165) is 41.2 Å². The fourth-order valence-electron chi connectivity index (χ4n) is 4.42. The molecule has 3 aromatic rings. The number of alkyl carbamates (subject to hydrolysis) is 1. The summed E-state index contributed by atoms with van der Waals surface area (Å²) < 4.78 is 5.06. The molecule has 0 radical (unpaired) electrons. The average molecular weight is 560 g/mol. The Bertz CT molecular complexity index is 1420. The largest absolute Gasteiger partial charge is 0.480 e. The van der Waals surface area contributed by atoms with Gasteiger partial charge >= 0.3 is 12.1 Å². The lowest BCUT2D eigenvalue weighted by Gasteiger charge is -2.27. The van der Waals surface area contributed by atoms with E-state index in [4.69, 9.17) is 4.74 Å². The van der Waals surface area contributed by atoms with Crippen LogP contribution in [-0.4, -0.2) is 56.4 Å². The number of nitrogens with one attached hydrogen (secondary N) is 3. The van der Waals surface area contributed by atoms with Gasteiger partial charge in [-0.15, -0.1) is 0 Å². The number of benzene rings is 2. The van der Waals surface area contributed by atoms with Crippen molar-refractivity contribution in [1.29, 1.82) is 0 Å². The molecule has 4 N–H and O–H groups in total. The Labute approximate surface area is 237 Å². The molecule has 0 bridgehead atoms. The lowest BCUT2D eigenvalue weighted by atomic mass is 10.1. The molecule has 2 unspecified atom stereocenters. The number of carbonyl (C=O) groups excluding carboxylic acids is 3. The number of rotatable bonds is 11. The van der Waals surface area contributed by atoms with Crippen LogP contribution in [0.2, 0.25) is 0 Å². The number of amides is 3. The molecule has 41 heavy (non-hydrogen) atoms. The predicted molar refractivity (Wildman–Crippen MR) is 151 cm³/mol. The minimum absolute atomic E-state index is 0.0154. The maximum atomic E-state index is 12.7. The zero-order valence-corrected chi connectivity index (χ0v) is 22.9. The molecule has 4 rings (SSSR count). The van der Waals surface area contributed by atoms with Crippen LogP contribution in [0.25, 0.3) is 6.08 Å². The van der Waals surface area contributed by atoms with E-state index >= 15 is 0 Å². The first kappa shape index (κ1) is 29.1. The average Bonchev–Trinajstić information content (AvgIpc) is 3.41. The maximum Gasteiger partial charge on any atom is 0.408 e. The van der Waals surface area contributed by atoms with E-state index in [0.29, 0.717) is 12.1 Å². The number of carbonyl (C=O) groups is 4. The monoisotopic (exact) mass is 559 g/mol. The van der Waals surface area contributed by atoms with Crippen LogP contribution in [0, 0.1) is 0 Å². The molecule has 1 aliphatic rings. The van der Waals surface area contributed by atoms with Gasteiger partial charge in [0.05, 0.1) is 11.7 Å². The second kappa shape index (κ2) is 13.4. The van der Waals surface area contributed by atoms with Gasteiger partial charge in [0.15, 0.2) is 0 Å². The zero-order valence-electron chi connectivity index (χ0n) is 22.9. The number of ether oxygens (including phenoxy) is 1. The van der Waals surface area contributed by atoms with Gasteiger partial charge in [-0.3, -0.25) is 9.59 Å². The highest BCUT2D eigenvalue weighted by molar-refractivity contribution is 5.94. The summed E-state index contributed by atoms with van der Waals surface area (Å²) in [5.74, 6) is -1.21. The van der Waals surface area contributed by atoms with Gasteiger partial charge in [-0.05, 0) is 49.1 Å². The lowest BCUT2D eigenvalue weighted by Crippen LogP contribution is -2.48. The molecule has 0 saturated heterocycles. The van der Waals surface area contributed by atoms with Crippen molar-refractivity contribution in [2.24, 2.45) is 0 Å². The van der Waals surface area contributed by atoms with Crippen LogP contribution in [0.4, 0.5) is 4.79 Å². The first-order valence-electron chi connectivity index (χ1n) is 13.3. The van der Waals surface area contributed by atoms with E-state index in [1.807, 2.05) is 19.1 Å². The Morgan fingerprint density at radius 1 is 1.07 bits per heavy atom. The molecule has 11 nitrogen and oxygen atoms in total. The molecular weight excluding hydrogens is 526 g/mol. The Hall–Kier alpha value is -4.93. The number of carboxylic acids is 1. The van der Waals surface area contributed by atoms with E-state index in [-0.39, 0.29) is 25.1 Å². The molecule has 1 aliphatic carbocycles. The van der Waals surface area contributed by atoms with Crippen LogP contribution >= 0.6 is 0 Å². The molecule has 11 heteroatoms. The number of hydrogen-bond donors (Lipinski definition) is 4. The Morgan fingerprint density at radius 3 is 2.46 bits per heavy atom. The highest BCUT2D eigenvalue weighted by atomic mass is 16.5. The smallest absolute Gasteiger partial charge is 0.408 e. The van der Waals surface area contributed by atoms with Crippen molar-refractivity contribution in [3.8, 4) is 0 Å². The predicted octanol–water partition coefficient (Wildman–Crippen LogP) is 3.59. The van der Waals surface area contributed by atoms with E-state index in [1.165, 1.54) is 6.92 Å². The first-order chi connectivity index (χ1) is 19.7. The summed E-state index contributed by atoms with van der Waals surface area (Å²) in [6.45, 7) is 3.38. The van der Waals surface area contributed by atoms with Gasteiger partial charge in [0, 0.05) is 31.3 Å². The summed E-state index contributed by atoms with van der Waals surface area (Å²) in [4.78, 5) is 58.5. The Kier molecular flexibility index (Phi) is 9.51. The number of aryl methyl sites for hydroxylation is 1. The van der Waals surface area contributed by atoms with Gasteiger partial charge in [0.25, 0.3) is 5.91 Å². The van der Waals surface area contributed by atoms with Crippen LogP contribution in [0.5, 0.6) is 0 Å². The first-order valence-corrected chi connectivity index (χ1v) is 13.3. The van der Waals surface area contributed by atoms with Crippen LogP contribution in [-0.2, 0) is 33.9 Å². The fraction of sp³-hybridized carbons (Fsp3) is 0.300. The second-order valence-corrected chi connectivity index (χ2v) is 9.75. The molecule has 0 fully saturated rings. The maximum absolute atomic E-state index is 12.7. The number of H-pyrrole nitrogens is 1. The highest BCUT2D eigenvalue weighted by Gasteiger charge is 2.24. The minimum atomic E-state index is -1.38. The molecule has 1 aromatic heterocycles. The number of aliphatic carboxylic acids is 1. The molecular formula is C30H33N5O6. The van der Waals surface area contributed by atoms with Gasteiger partial charge in [-0.25, -0.2) is 14.6 Å². The van der Waals surface area contributed by atoms with E-state index in [1.54, 1.807) is 53.4 Å². The number of hydrogen-bond acceptors (Lipinski definition) is 6. The number of fused-ring (bicyclic) bond motifs is 1. The quantitative estimate of drug-likeness (QED) is 0.280. The number of carboxylic acid groups (broad SMARTS) is 1. The third-order valence-corrected chi connectivity index (χ3v) is 6.77. The molecule has 214 valence electrons. The number of aromatic amines is 1. The van der Waals surface area contributed by atoms with Crippen molar-refractivity contribution < 1.29 is 29.0 Å². The number of aromatic nitrogens is 2. The molecule has 0 saturated carbocycles. The summed E-state index contributed by atoms with van der Waals surface area (Å²) in [6, 6.07) is 14.0. The minimum Gasteiger partial charge on any atom is -0.480 e. The van der Waals surface area contributed by atoms with Gasteiger partial charge in [0.1, 0.15) is 18.5 Å². The van der Waals surface area contributed by atoms with Crippen molar-refractivity contribution in [2.45, 2.75) is 51.9 Å². The van der Waals surface area contributed by atoms with Gasteiger partial charge in [-0.2, -0.15) is 0 Å². The number of imidazole rings is 1. The lowest BCUT2D eigenvalue weighted by molar-refractivity contribution is -0.139. The third-order valence-electron chi connectivity index (χ3n) is 6.77. The summed E-state index contributed by atoms with van der Waals surface area (Å²) in [5, 5.41) is 14.2. The third kappa shape index (κ3) is 7.81. The molecule has 1 heterocycles. The van der Waals surface area contributed by atoms with Crippen molar-refractivity contribution in [3.63, 3.8) is 0 Å². The molecule has 2 atom stereocenters. The van der Waals surface area contributed by atoms with Crippen LogP contribution in [0.1, 0.15) is 65.0 Å². The summed E-state index contributed by atoms with van der Waals surface area (Å²) in [7, 11) is 0. The van der Waals surface area contributed by atoms with Crippen LogP contribution in [0.3, 0.4) is 0 Å². The summed E-state index contributed by atoms with van der Waals surface area (Å²) in [6.07, 6.45) is 5.00. The van der Waals surface area contributed by atoms with Crippen molar-refractivity contribution in [1.82, 2.24) is 25.5 Å². The summed E-state index contributed by atoms with van der Waals surface area (Å²) in [5.41, 5.74) is 3.84. The Morgan fingerprint density at radius 2 is 1.80 bits per heavy atom. The van der Waals surface area contributed by atoms with Crippen molar-refractivity contribution in [3.05, 3.63) is 94.6 Å². The highest BCUT2D eigenvalue weighted by Crippen LogP contribution is 2.25. The van der Waals surface area contributed by atoms with Crippen molar-refractivity contribution in [2.75, 3.05) is 6.54 Å². The van der Waals surface area contributed by atoms with E-state index in [9.17, 15) is 24.3 Å². The SMILES string of the molecule is CC(=O)N(Cc1ccc(C(=O)NCC(NC(=O)OCc2ccccc2)C(=O)O)cc1)C(C)c1nc2c([nH]1)CCC=C2. The van der Waals surface area contributed by atoms with E-state index < -0.39 is 24.0 Å². The fourth-order valence-corrected chi connectivity index (χ4v) is 4.42. The van der Waals surface area contributed by atoms with Gasteiger partial charge < -0.3 is 30.4 Å². The zero-order chi connectivity index (χ0) is 29.4. The molecule has 3 amide bonds. The molecule has 0 spiro atoms. The standard InChI is InChI=1S/C30H33N5O6/c1-19(27-32-24-10-6-7-11-25(24)33-27)35(20(2)36)17-21-12-14-23(15-13-21)28(37)31-16-26(29(38)39)34-30(40)41-18-22-8-4-3-5-9-22/h3-6,8-10,12-15,19,26H,7,11,16-18H2,1-2H3,(H,31,37)(H,32,33)(H,34,40)(H,38,39). The normalized spacial score (nSPS) is 13.4. The van der Waals surface area contributed by atoms with E-state index in [2.05, 4.69) is 26.7 Å². The topological polar surface area (TPSA) is 154 Å². The second-order valence-electron chi connectivity index (χ2n) is 9.75. The van der Waals surface area contributed by atoms with Crippen LogP contribution in [0.15, 0.2) is 60.7 Å². The van der Waals surface area contributed by atoms with Crippen molar-refractivity contribution >= 4 is 30.0 Å². The molecule has 2 aromatic carbocycles. The van der Waals surface area contributed by atoms with Gasteiger partial charge in [-0.1, -0.05) is 48.5 Å².